The minimum Gasteiger partial charge on any atom is -0.481 e. The van der Waals surface area contributed by atoms with E-state index in [1.54, 1.807) is 10.9 Å². The molecule has 3 heterocycles. The minimum atomic E-state index is -0.787. The number of piperidine rings is 1. The summed E-state index contributed by atoms with van der Waals surface area (Å²) < 4.78 is 1.59. The molecule has 1 saturated heterocycles. The third-order valence-corrected chi connectivity index (χ3v) is 5.27. The number of hydrogen-bond acceptors (Lipinski definition) is 5. The highest BCUT2D eigenvalue weighted by Crippen LogP contribution is 2.25. The van der Waals surface area contributed by atoms with Crippen molar-refractivity contribution in [3.8, 4) is 5.95 Å². The van der Waals surface area contributed by atoms with Gasteiger partial charge in [0.05, 0.1) is 11.3 Å². The summed E-state index contributed by atoms with van der Waals surface area (Å²) in [7, 11) is 0. The molecule has 0 aliphatic carbocycles. The molecule has 0 aromatic carbocycles. The van der Waals surface area contributed by atoms with Crippen LogP contribution in [0.15, 0.2) is 12.3 Å². The number of carboxylic acids is 1. The summed E-state index contributed by atoms with van der Waals surface area (Å²) in [6.45, 7) is 9.11. The molecule has 1 fully saturated rings. The molecule has 8 nitrogen and oxygen atoms in total. The van der Waals surface area contributed by atoms with Gasteiger partial charge in [0.15, 0.2) is 0 Å². The SMILES string of the molecule is Cc1cc(C)nc(-n2cc(C(=O)N3CCC[C@@H](CCC(=O)O)C3)c(C(C)C)n2)n1. The smallest absolute Gasteiger partial charge is 0.303 e. The fourth-order valence-electron chi connectivity index (χ4n) is 3.87. The molecule has 0 spiro atoms. The van der Waals surface area contributed by atoms with Gasteiger partial charge in [0.2, 0.25) is 0 Å². The van der Waals surface area contributed by atoms with Crippen LogP contribution in [0.25, 0.3) is 5.95 Å². The number of nitrogens with zero attached hydrogens (tertiary/aromatic N) is 5. The summed E-state index contributed by atoms with van der Waals surface area (Å²) in [5.74, 6) is -0.0751. The molecule has 0 bridgehead atoms. The molecule has 1 N–H and O–H groups in total. The van der Waals surface area contributed by atoms with Crippen LogP contribution in [-0.4, -0.2) is 54.7 Å². The fourth-order valence-corrected chi connectivity index (χ4v) is 3.87. The molecule has 1 aliphatic heterocycles. The molecule has 8 heteroatoms. The van der Waals surface area contributed by atoms with Gasteiger partial charge in [-0.2, -0.15) is 5.10 Å². The molecule has 2 aromatic rings. The Hall–Kier alpha value is -2.77. The zero-order valence-corrected chi connectivity index (χ0v) is 17.6. The van der Waals surface area contributed by atoms with Crippen LogP contribution in [0.5, 0.6) is 0 Å². The molecule has 0 unspecified atom stereocenters. The first kappa shape index (κ1) is 21.0. The summed E-state index contributed by atoms with van der Waals surface area (Å²) in [6.07, 6.45) is 4.33. The Kier molecular flexibility index (Phi) is 6.30. The Morgan fingerprint density at radius 2 is 1.93 bits per heavy atom. The molecule has 3 rings (SSSR count). The quantitative estimate of drug-likeness (QED) is 0.801. The van der Waals surface area contributed by atoms with E-state index in [2.05, 4.69) is 15.1 Å². The molecule has 1 amide bonds. The molecule has 2 aromatic heterocycles. The summed E-state index contributed by atoms with van der Waals surface area (Å²) in [5.41, 5.74) is 2.99. The third-order valence-electron chi connectivity index (χ3n) is 5.27. The Morgan fingerprint density at radius 3 is 2.55 bits per heavy atom. The molecule has 1 aliphatic rings. The fraction of sp³-hybridized carbons (Fsp3) is 0.571. The van der Waals surface area contributed by atoms with E-state index < -0.39 is 5.97 Å². The van der Waals surface area contributed by atoms with Crippen molar-refractivity contribution in [3.05, 3.63) is 34.9 Å². The number of aromatic nitrogens is 4. The number of amides is 1. The van der Waals surface area contributed by atoms with Crippen LogP contribution in [0, 0.1) is 19.8 Å². The van der Waals surface area contributed by atoms with Crippen LogP contribution in [0.3, 0.4) is 0 Å². The van der Waals surface area contributed by atoms with Gasteiger partial charge in [0, 0.05) is 37.1 Å². The molecular weight excluding hydrogens is 370 g/mol. The molecule has 0 saturated carbocycles. The van der Waals surface area contributed by atoms with Crippen molar-refractivity contribution in [2.24, 2.45) is 5.92 Å². The lowest BCUT2D eigenvalue weighted by Gasteiger charge is -2.32. The molecule has 1 atom stereocenters. The zero-order chi connectivity index (χ0) is 21.1. The first-order chi connectivity index (χ1) is 13.7. The minimum absolute atomic E-state index is 0.0515. The number of hydrogen-bond donors (Lipinski definition) is 1. The van der Waals surface area contributed by atoms with Crippen molar-refractivity contribution < 1.29 is 14.7 Å². The Morgan fingerprint density at radius 1 is 1.24 bits per heavy atom. The van der Waals surface area contributed by atoms with Gasteiger partial charge in [-0.25, -0.2) is 14.6 Å². The lowest BCUT2D eigenvalue weighted by Crippen LogP contribution is -2.40. The van der Waals surface area contributed by atoms with Gasteiger partial charge in [0.1, 0.15) is 0 Å². The van der Waals surface area contributed by atoms with Crippen molar-refractivity contribution in [3.63, 3.8) is 0 Å². The average molecular weight is 399 g/mol. The van der Waals surface area contributed by atoms with Gasteiger partial charge in [-0.15, -0.1) is 0 Å². The molecule has 0 radical (unpaired) electrons. The van der Waals surface area contributed by atoms with Gasteiger partial charge < -0.3 is 10.0 Å². The van der Waals surface area contributed by atoms with E-state index in [1.807, 2.05) is 38.7 Å². The standard InChI is InChI=1S/C21H29N5O3/c1-13(2)19-17(12-26(24-19)21-22-14(3)10-15(4)23-21)20(29)25-9-5-6-16(11-25)7-8-18(27)28/h10,12-13,16H,5-9,11H2,1-4H3,(H,27,28)/t16-/m0/s1. The van der Waals surface area contributed by atoms with Crippen LogP contribution in [0.1, 0.15) is 72.9 Å². The first-order valence-electron chi connectivity index (χ1n) is 10.2. The predicted octanol–water partition coefficient (Wildman–Crippen LogP) is 3.12. The number of aliphatic carboxylic acids is 1. The maximum atomic E-state index is 13.3. The van der Waals surface area contributed by atoms with E-state index in [4.69, 9.17) is 5.11 Å². The van der Waals surface area contributed by atoms with Crippen LogP contribution in [-0.2, 0) is 4.79 Å². The van der Waals surface area contributed by atoms with Crippen LogP contribution >= 0.6 is 0 Å². The first-order valence-corrected chi connectivity index (χ1v) is 10.2. The van der Waals surface area contributed by atoms with Crippen LogP contribution in [0.4, 0.5) is 0 Å². The van der Waals surface area contributed by atoms with Crippen LogP contribution in [0.2, 0.25) is 0 Å². The van der Waals surface area contributed by atoms with Crippen molar-refractivity contribution in [2.75, 3.05) is 13.1 Å². The zero-order valence-electron chi connectivity index (χ0n) is 17.6. The van der Waals surface area contributed by atoms with E-state index in [0.717, 1.165) is 29.9 Å². The highest BCUT2D eigenvalue weighted by atomic mass is 16.4. The lowest BCUT2D eigenvalue weighted by atomic mass is 9.93. The van der Waals surface area contributed by atoms with Gasteiger partial charge in [-0.05, 0) is 51.0 Å². The summed E-state index contributed by atoms with van der Waals surface area (Å²) in [4.78, 5) is 34.9. The summed E-state index contributed by atoms with van der Waals surface area (Å²) >= 11 is 0. The van der Waals surface area contributed by atoms with Crippen molar-refractivity contribution in [1.82, 2.24) is 24.6 Å². The van der Waals surface area contributed by atoms with E-state index in [-0.39, 0.29) is 24.2 Å². The monoisotopic (exact) mass is 399 g/mol. The number of aryl methyl sites for hydroxylation is 2. The van der Waals surface area contributed by atoms with E-state index in [9.17, 15) is 9.59 Å². The van der Waals surface area contributed by atoms with E-state index in [0.29, 0.717) is 31.0 Å². The Balaban J connectivity index is 1.86. The predicted molar refractivity (Wildman–Crippen MR) is 108 cm³/mol. The molecular formula is C21H29N5O3. The highest BCUT2D eigenvalue weighted by molar-refractivity contribution is 5.95. The van der Waals surface area contributed by atoms with E-state index in [1.165, 1.54) is 0 Å². The second-order valence-corrected chi connectivity index (χ2v) is 8.17. The number of carbonyl (C=O) groups excluding carboxylic acids is 1. The van der Waals surface area contributed by atoms with Crippen LogP contribution < -0.4 is 0 Å². The Bertz CT molecular complexity index is 885. The average Bonchev–Trinajstić information content (AvgIpc) is 3.11. The lowest BCUT2D eigenvalue weighted by molar-refractivity contribution is -0.137. The number of likely N-dealkylation sites (tertiary alicyclic amines) is 1. The van der Waals surface area contributed by atoms with Crippen molar-refractivity contribution in [1.29, 1.82) is 0 Å². The largest absolute Gasteiger partial charge is 0.481 e. The normalized spacial score (nSPS) is 17.0. The van der Waals surface area contributed by atoms with Gasteiger partial charge in [-0.1, -0.05) is 13.8 Å². The number of carbonyl (C=O) groups is 2. The summed E-state index contributed by atoms with van der Waals surface area (Å²) in [5, 5.41) is 13.6. The van der Waals surface area contributed by atoms with Gasteiger partial charge in [0.25, 0.3) is 11.9 Å². The topological polar surface area (TPSA) is 101 Å². The third kappa shape index (κ3) is 4.99. The van der Waals surface area contributed by atoms with Crippen molar-refractivity contribution >= 4 is 11.9 Å². The highest BCUT2D eigenvalue weighted by Gasteiger charge is 2.29. The number of carboxylic acid groups (broad SMARTS) is 1. The van der Waals surface area contributed by atoms with Crippen molar-refractivity contribution in [2.45, 2.75) is 59.3 Å². The second kappa shape index (κ2) is 8.71. The van der Waals surface area contributed by atoms with Gasteiger partial charge in [-0.3, -0.25) is 9.59 Å². The van der Waals surface area contributed by atoms with E-state index >= 15 is 0 Å². The maximum absolute atomic E-state index is 13.3. The molecule has 156 valence electrons. The van der Waals surface area contributed by atoms with Gasteiger partial charge >= 0.3 is 5.97 Å². The Labute approximate surface area is 171 Å². The number of rotatable bonds is 6. The summed E-state index contributed by atoms with van der Waals surface area (Å²) in [6, 6.07) is 1.90. The molecule has 29 heavy (non-hydrogen) atoms. The maximum Gasteiger partial charge on any atom is 0.303 e. The second-order valence-electron chi connectivity index (χ2n) is 8.17.